The van der Waals surface area contributed by atoms with Gasteiger partial charge in [0.05, 0.1) is 23.6 Å². The molecule has 0 aliphatic rings. The van der Waals surface area contributed by atoms with Crippen molar-refractivity contribution in [3.63, 3.8) is 0 Å². The fourth-order valence-corrected chi connectivity index (χ4v) is 6.15. The number of aromatic nitrogens is 5. The Bertz CT molecular complexity index is 2180. The Morgan fingerprint density at radius 1 is 0.860 bits per heavy atom. The Balaban J connectivity index is 1.23. The molecule has 2 N–H and O–H groups in total. The van der Waals surface area contributed by atoms with Crippen LogP contribution in [0.1, 0.15) is 40.3 Å². The Labute approximate surface area is 290 Å². The van der Waals surface area contributed by atoms with E-state index in [-0.39, 0.29) is 17.1 Å². The van der Waals surface area contributed by atoms with E-state index in [1.807, 2.05) is 93.1 Å². The van der Waals surface area contributed by atoms with E-state index in [1.54, 1.807) is 16.9 Å². The standard InChI is InChI=1S/C40H39FN8O/c1-27-21-32(16-15-31(27)22-28-17-19-49-35(23-28)43-26-45-49)46-40-36-33(42-25-44-40)24-34(50-20-10-18-48(2)3)39(37(36)41)47-38(29-11-6-4-7-12-29)30-13-8-5-9-14-30/h4-9,11-17,19,21,23-26,38,47H,10,18,20,22H2,1-3H3,(H,42,44,46). The van der Waals surface area contributed by atoms with Crippen LogP contribution in [0.4, 0.5) is 21.6 Å². The maximum absolute atomic E-state index is 17.1. The van der Waals surface area contributed by atoms with Crippen LogP contribution in [0.5, 0.6) is 5.75 Å². The van der Waals surface area contributed by atoms with Crippen molar-refractivity contribution in [3.8, 4) is 5.75 Å². The molecule has 0 atom stereocenters. The molecule has 3 heterocycles. The smallest absolute Gasteiger partial charge is 0.163 e. The van der Waals surface area contributed by atoms with Gasteiger partial charge in [-0.15, -0.1) is 0 Å². The molecule has 0 saturated carbocycles. The second-order valence-corrected chi connectivity index (χ2v) is 12.6. The number of nitrogens with one attached hydrogen (secondary N) is 2. The van der Waals surface area contributed by atoms with Gasteiger partial charge < -0.3 is 20.3 Å². The molecule has 0 aliphatic carbocycles. The van der Waals surface area contributed by atoms with Gasteiger partial charge in [0, 0.05) is 24.5 Å². The molecule has 0 radical (unpaired) electrons. The number of halogens is 1. The summed E-state index contributed by atoms with van der Waals surface area (Å²) in [6, 6.07) is 31.7. The first kappa shape index (κ1) is 32.7. The number of anilines is 3. The van der Waals surface area contributed by atoms with E-state index in [9.17, 15) is 0 Å². The van der Waals surface area contributed by atoms with Crippen molar-refractivity contribution in [1.29, 1.82) is 0 Å². The van der Waals surface area contributed by atoms with E-state index < -0.39 is 5.82 Å². The fraction of sp³-hybridized carbons (Fsp3) is 0.200. The molecule has 0 bridgehead atoms. The summed E-state index contributed by atoms with van der Waals surface area (Å²) < 4.78 is 25.1. The monoisotopic (exact) mass is 666 g/mol. The Morgan fingerprint density at radius 3 is 2.34 bits per heavy atom. The zero-order chi connectivity index (χ0) is 34.5. The lowest BCUT2D eigenvalue weighted by molar-refractivity contribution is 0.282. The predicted molar refractivity (Wildman–Crippen MR) is 197 cm³/mol. The van der Waals surface area contributed by atoms with Gasteiger partial charge in [-0.3, -0.25) is 0 Å². The maximum Gasteiger partial charge on any atom is 0.163 e. The molecule has 252 valence electrons. The minimum absolute atomic E-state index is 0.258. The summed E-state index contributed by atoms with van der Waals surface area (Å²) >= 11 is 0. The normalized spacial score (nSPS) is 11.5. The number of nitrogens with zero attached hydrogens (tertiary/aromatic N) is 6. The molecule has 9 nitrogen and oxygen atoms in total. The van der Waals surface area contributed by atoms with Gasteiger partial charge in [-0.25, -0.2) is 23.9 Å². The summed E-state index contributed by atoms with van der Waals surface area (Å²) in [5.41, 5.74) is 7.72. The van der Waals surface area contributed by atoms with Gasteiger partial charge in [-0.05, 0) is 85.9 Å². The minimum atomic E-state index is -0.484. The highest BCUT2D eigenvalue weighted by atomic mass is 19.1. The Morgan fingerprint density at radius 2 is 1.62 bits per heavy atom. The van der Waals surface area contributed by atoms with Crippen molar-refractivity contribution < 1.29 is 9.13 Å². The molecule has 3 aromatic heterocycles. The zero-order valence-electron chi connectivity index (χ0n) is 28.3. The Kier molecular flexibility index (Phi) is 9.61. The number of aryl methyl sites for hydroxylation is 1. The molecule has 0 saturated heterocycles. The summed E-state index contributed by atoms with van der Waals surface area (Å²) in [5.74, 6) is 0.289. The Hall–Kier alpha value is -5.87. The molecular weight excluding hydrogens is 627 g/mol. The van der Waals surface area contributed by atoms with Crippen LogP contribution in [-0.2, 0) is 6.42 Å². The number of fused-ring (bicyclic) bond motifs is 2. The van der Waals surface area contributed by atoms with E-state index >= 15 is 4.39 Å². The third kappa shape index (κ3) is 7.25. The first-order chi connectivity index (χ1) is 24.4. The second kappa shape index (κ2) is 14.7. The van der Waals surface area contributed by atoms with Gasteiger partial charge in [-0.1, -0.05) is 66.7 Å². The number of pyridine rings is 1. The van der Waals surface area contributed by atoms with Crippen molar-refractivity contribution in [2.75, 3.05) is 37.9 Å². The second-order valence-electron chi connectivity index (χ2n) is 12.6. The van der Waals surface area contributed by atoms with Gasteiger partial charge in [0.1, 0.15) is 29.9 Å². The highest BCUT2D eigenvalue weighted by Crippen LogP contribution is 2.40. The summed E-state index contributed by atoms with van der Waals surface area (Å²) in [7, 11) is 4.04. The van der Waals surface area contributed by atoms with Crippen LogP contribution in [0.3, 0.4) is 0 Å². The van der Waals surface area contributed by atoms with Crippen molar-refractivity contribution in [1.82, 2.24) is 29.5 Å². The number of hydrogen-bond donors (Lipinski definition) is 2. The van der Waals surface area contributed by atoms with Gasteiger partial charge in [0.15, 0.2) is 11.5 Å². The molecule has 0 amide bonds. The molecular formula is C40H39FN8O. The summed E-state index contributed by atoms with van der Waals surface area (Å²) in [6.45, 7) is 3.35. The van der Waals surface area contributed by atoms with Crippen molar-refractivity contribution in [3.05, 3.63) is 150 Å². The van der Waals surface area contributed by atoms with Crippen LogP contribution < -0.4 is 15.4 Å². The predicted octanol–water partition coefficient (Wildman–Crippen LogP) is 7.99. The maximum atomic E-state index is 17.1. The molecule has 0 fully saturated rings. The lowest BCUT2D eigenvalue weighted by atomic mass is 9.98. The number of ether oxygens (including phenoxy) is 1. The molecule has 7 rings (SSSR count). The number of benzene rings is 4. The summed E-state index contributed by atoms with van der Waals surface area (Å²) in [6.07, 6.45) is 6.45. The molecule has 7 aromatic rings. The lowest BCUT2D eigenvalue weighted by Crippen LogP contribution is -2.17. The van der Waals surface area contributed by atoms with E-state index in [0.29, 0.717) is 23.7 Å². The number of hydrogen-bond acceptors (Lipinski definition) is 8. The van der Waals surface area contributed by atoms with Crippen LogP contribution in [0.25, 0.3) is 16.6 Å². The third-order valence-corrected chi connectivity index (χ3v) is 8.74. The van der Waals surface area contributed by atoms with Crippen LogP contribution in [0.15, 0.2) is 116 Å². The first-order valence-electron chi connectivity index (χ1n) is 16.7. The summed E-state index contributed by atoms with van der Waals surface area (Å²) in [5, 5.41) is 11.4. The van der Waals surface area contributed by atoms with Crippen molar-refractivity contribution in [2.45, 2.75) is 25.8 Å². The fourth-order valence-electron chi connectivity index (χ4n) is 6.15. The molecule has 10 heteroatoms. The average Bonchev–Trinajstić information content (AvgIpc) is 3.60. The van der Waals surface area contributed by atoms with Gasteiger partial charge in [0.2, 0.25) is 0 Å². The zero-order valence-corrected chi connectivity index (χ0v) is 28.3. The minimum Gasteiger partial charge on any atom is -0.491 e. The van der Waals surface area contributed by atoms with Crippen LogP contribution in [-0.4, -0.2) is 56.7 Å². The molecule has 4 aromatic carbocycles. The quantitative estimate of drug-likeness (QED) is 0.120. The van der Waals surface area contributed by atoms with Gasteiger partial charge in [0.25, 0.3) is 0 Å². The van der Waals surface area contributed by atoms with E-state index in [2.05, 4.69) is 60.7 Å². The van der Waals surface area contributed by atoms with Crippen LogP contribution >= 0.6 is 0 Å². The van der Waals surface area contributed by atoms with Crippen molar-refractivity contribution in [2.24, 2.45) is 0 Å². The van der Waals surface area contributed by atoms with Gasteiger partial charge >= 0.3 is 0 Å². The topological polar surface area (TPSA) is 92.5 Å². The van der Waals surface area contributed by atoms with Crippen LogP contribution in [0.2, 0.25) is 0 Å². The first-order valence-corrected chi connectivity index (χ1v) is 16.7. The van der Waals surface area contributed by atoms with Gasteiger partial charge in [-0.2, -0.15) is 5.10 Å². The molecule has 0 spiro atoms. The number of rotatable bonds is 13. The van der Waals surface area contributed by atoms with Crippen LogP contribution in [0, 0.1) is 12.7 Å². The van der Waals surface area contributed by atoms with E-state index in [4.69, 9.17) is 4.74 Å². The average molecular weight is 667 g/mol. The molecule has 50 heavy (non-hydrogen) atoms. The highest BCUT2D eigenvalue weighted by Gasteiger charge is 2.24. The van der Waals surface area contributed by atoms with E-state index in [0.717, 1.165) is 53.0 Å². The van der Waals surface area contributed by atoms with Crippen molar-refractivity contribution >= 4 is 33.7 Å². The SMILES string of the molecule is Cc1cc(Nc2ncnc3cc(OCCCN(C)C)c(NC(c4ccccc4)c4ccccc4)c(F)c23)ccc1Cc1ccn2ncnc2c1. The summed E-state index contributed by atoms with van der Waals surface area (Å²) in [4.78, 5) is 15.4. The van der Waals surface area contributed by atoms with E-state index in [1.165, 1.54) is 11.9 Å². The third-order valence-electron chi connectivity index (χ3n) is 8.74. The largest absolute Gasteiger partial charge is 0.491 e. The lowest BCUT2D eigenvalue weighted by Gasteiger charge is -2.24. The molecule has 0 aliphatic heterocycles. The molecule has 0 unspecified atom stereocenters. The highest BCUT2D eigenvalue weighted by molar-refractivity contribution is 5.96.